The van der Waals surface area contributed by atoms with Gasteiger partial charge in [0, 0.05) is 5.69 Å². The second-order valence-corrected chi connectivity index (χ2v) is 5.16. The third-order valence-electron chi connectivity index (χ3n) is 2.37. The van der Waals surface area contributed by atoms with Crippen LogP contribution in [0.15, 0.2) is 18.2 Å². The lowest BCUT2D eigenvalue weighted by molar-refractivity contribution is 0.0634. The van der Waals surface area contributed by atoms with E-state index in [4.69, 9.17) is 9.84 Å². The molecule has 104 valence electrons. The van der Waals surface area contributed by atoms with E-state index in [0.717, 1.165) is 5.56 Å². The number of hydrogen-bond acceptors (Lipinski definition) is 3. The second-order valence-electron chi connectivity index (χ2n) is 5.16. The molecule has 1 amide bonds. The molecule has 1 rings (SSSR count). The summed E-state index contributed by atoms with van der Waals surface area (Å²) in [7, 11) is 0. The molecule has 1 aromatic rings. The molecule has 0 radical (unpaired) electrons. The first-order valence-corrected chi connectivity index (χ1v) is 6.09. The SMILES string of the molecule is CCc1cc(C(=O)O)ccc1NC(=O)OC(C)(C)C. The quantitative estimate of drug-likeness (QED) is 0.879. The Labute approximate surface area is 112 Å². The molecule has 0 spiro atoms. The van der Waals surface area contributed by atoms with Crippen LogP contribution < -0.4 is 5.32 Å². The molecule has 0 saturated heterocycles. The van der Waals surface area contributed by atoms with Gasteiger partial charge in [-0.2, -0.15) is 0 Å². The third kappa shape index (κ3) is 4.62. The summed E-state index contributed by atoms with van der Waals surface area (Å²) < 4.78 is 5.15. The van der Waals surface area contributed by atoms with Crippen LogP contribution in [0.4, 0.5) is 10.5 Å². The minimum atomic E-state index is -0.987. The minimum Gasteiger partial charge on any atom is -0.478 e. The van der Waals surface area contributed by atoms with Crippen molar-refractivity contribution >= 4 is 17.7 Å². The van der Waals surface area contributed by atoms with Crippen molar-refractivity contribution in [2.45, 2.75) is 39.7 Å². The fraction of sp³-hybridized carbons (Fsp3) is 0.429. The first-order valence-electron chi connectivity index (χ1n) is 6.09. The summed E-state index contributed by atoms with van der Waals surface area (Å²) in [6, 6.07) is 4.58. The van der Waals surface area contributed by atoms with Crippen LogP contribution in [0.1, 0.15) is 43.6 Å². The van der Waals surface area contributed by atoms with Crippen LogP contribution in [0.3, 0.4) is 0 Å². The van der Waals surface area contributed by atoms with Crippen molar-refractivity contribution in [1.29, 1.82) is 0 Å². The fourth-order valence-electron chi connectivity index (χ4n) is 1.55. The van der Waals surface area contributed by atoms with Gasteiger partial charge in [-0.3, -0.25) is 5.32 Å². The Morgan fingerprint density at radius 3 is 2.42 bits per heavy atom. The number of carbonyl (C=O) groups is 2. The molecule has 0 saturated carbocycles. The molecule has 0 unspecified atom stereocenters. The molecule has 0 atom stereocenters. The number of aromatic carboxylic acids is 1. The van der Waals surface area contributed by atoms with E-state index in [0.29, 0.717) is 12.1 Å². The first kappa shape index (κ1) is 15.0. The maximum Gasteiger partial charge on any atom is 0.412 e. The summed E-state index contributed by atoms with van der Waals surface area (Å²) >= 11 is 0. The molecule has 0 aromatic heterocycles. The highest BCUT2D eigenvalue weighted by Crippen LogP contribution is 2.19. The van der Waals surface area contributed by atoms with Gasteiger partial charge in [0.15, 0.2) is 0 Å². The second kappa shape index (κ2) is 5.73. The average Bonchev–Trinajstić information content (AvgIpc) is 2.26. The van der Waals surface area contributed by atoms with Gasteiger partial charge in [-0.25, -0.2) is 9.59 Å². The number of rotatable bonds is 3. The van der Waals surface area contributed by atoms with Gasteiger partial charge in [-0.15, -0.1) is 0 Å². The van der Waals surface area contributed by atoms with Crippen LogP contribution in [0.5, 0.6) is 0 Å². The van der Waals surface area contributed by atoms with E-state index < -0.39 is 17.7 Å². The number of amides is 1. The number of carboxylic acid groups (broad SMARTS) is 1. The number of nitrogens with one attached hydrogen (secondary N) is 1. The molecule has 5 heteroatoms. The summed E-state index contributed by atoms with van der Waals surface area (Å²) in [5, 5.41) is 11.5. The van der Waals surface area contributed by atoms with E-state index in [1.165, 1.54) is 6.07 Å². The molecule has 2 N–H and O–H groups in total. The highest BCUT2D eigenvalue weighted by Gasteiger charge is 2.17. The van der Waals surface area contributed by atoms with Crippen LogP contribution in [0.25, 0.3) is 0 Å². The van der Waals surface area contributed by atoms with Gasteiger partial charge < -0.3 is 9.84 Å². The molecule has 0 heterocycles. The number of aryl methyl sites for hydroxylation is 1. The van der Waals surface area contributed by atoms with Crippen molar-refractivity contribution in [3.05, 3.63) is 29.3 Å². The molecule has 0 aliphatic rings. The number of carboxylic acids is 1. The zero-order valence-corrected chi connectivity index (χ0v) is 11.6. The van der Waals surface area contributed by atoms with Crippen LogP contribution in [0, 0.1) is 0 Å². The van der Waals surface area contributed by atoms with Crippen molar-refractivity contribution in [2.75, 3.05) is 5.32 Å². The maximum atomic E-state index is 11.7. The topological polar surface area (TPSA) is 75.6 Å². The van der Waals surface area contributed by atoms with Gasteiger partial charge in [-0.1, -0.05) is 6.92 Å². The van der Waals surface area contributed by atoms with E-state index in [1.807, 2.05) is 6.92 Å². The number of hydrogen-bond donors (Lipinski definition) is 2. The molecule has 19 heavy (non-hydrogen) atoms. The van der Waals surface area contributed by atoms with Crippen LogP contribution in [-0.4, -0.2) is 22.8 Å². The monoisotopic (exact) mass is 265 g/mol. The summed E-state index contributed by atoms with van der Waals surface area (Å²) in [6.45, 7) is 7.23. The fourth-order valence-corrected chi connectivity index (χ4v) is 1.55. The zero-order chi connectivity index (χ0) is 14.6. The Balaban J connectivity index is 2.89. The lowest BCUT2D eigenvalue weighted by atomic mass is 10.1. The molecule has 5 nitrogen and oxygen atoms in total. The molecule has 1 aromatic carbocycles. The van der Waals surface area contributed by atoms with Crippen molar-refractivity contribution in [1.82, 2.24) is 0 Å². The zero-order valence-electron chi connectivity index (χ0n) is 11.6. The largest absolute Gasteiger partial charge is 0.478 e. The van der Waals surface area contributed by atoms with Gasteiger partial charge in [0.05, 0.1) is 5.56 Å². The summed E-state index contributed by atoms with van der Waals surface area (Å²) in [4.78, 5) is 22.5. The van der Waals surface area contributed by atoms with Crippen LogP contribution in [0.2, 0.25) is 0 Å². The van der Waals surface area contributed by atoms with E-state index in [9.17, 15) is 9.59 Å². The van der Waals surface area contributed by atoms with Gasteiger partial charge in [0.25, 0.3) is 0 Å². The smallest absolute Gasteiger partial charge is 0.412 e. The number of anilines is 1. The molecular weight excluding hydrogens is 246 g/mol. The average molecular weight is 265 g/mol. The highest BCUT2D eigenvalue weighted by atomic mass is 16.6. The Hall–Kier alpha value is -2.04. The van der Waals surface area contributed by atoms with Crippen molar-refractivity contribution in [3.63, 3.8) is 0 Å². The van der Waals surface area contributed by atoms with E-state index >= 15 is 0 Å². The Bertz CT molecular complexity index is 489. The number of ether oxygens (including phenoxy) is 1. The lowest BCUT2D eigenvalue weighted by Crippen LogP contribution is -2.27. The normalized spacial score (nSPS) is 10.9. The predicted octanol–water partition coefficient (Wildman–Crippen LogP) is 3.29. The predicted molar refractivity (Wildman–Crippen MR) is 72.6 cm³/mol. The molecule has 0 bridgehead atoms. The molecule has 0 aliphatic carbocycles. The Morgan fingerprint density at radius 2 is 1.95 bits per heavy atom. The summed E-state index contributed by atoms with van der Waals surface area (Å²) in [5.74, 6) is -0.987. The lowest BCUT2D eigenvalue weighted by Gasteiger charge is -2.20. The van der Waals surface area contributed by atoms with Gasteiger partial charge in [0.1, 0.15) is 5.60 Å². The Kier molecular flexibility index (Phi) is 4.53. The minimum absolute atomic E-state index is 0.201. The van der Waals surface area contributed by atoms with Gasteiger partial charge >= 0.3 is 12.1 Å². The third-order valence-corrected chi connectivity index (χ3v) is 2.37. The van der Waals surface area contributed by atoms with Crippen LogP contribution in [-0.2, 0) is 11.2 Å². The van der Waals surface area contributed by atoms with Crippen LogP contribution >= 0.6 is 0 Å². The summed E-state index contributed by atoms with van der Waals surface area (Å²) in [6.07, 6.45) is 0.0666. The van der Waals surface area contributed by atoms with Crippen molar-refractivity contribution in [3.8, 4) is 0 Å². The molecule has 0 aliphatic heterocycles. The standard InChI is InChI=1S/C14H19NO4/c1-5-9-8-10(12(16)17)6-7-11(9)15-13(18)19-14(2,3)4/h6-8H,5H2,1-4H3,(H,15,18)(H,16,17). The Morgan fingerprint density at radius 1 is 1.32 bits per heavy atom. The first-order chi connectivity index (χ1) is 8.73. The molecular formula is C14H19NO4. The van der Waals surface area contributed by atoms with E-state index in [2.05, 4.69) is 5.32 Å². The van der Waals surface area contributed by atoms with Crippen molar-refractivity contribution < 1.29 is 19.4 Å². The van der Waals surface area contributed by atoms with E-state index in [1.54, 1.807) is 32.9 Å². The number of carbonyl (C=O) groups excluding carboxylic acids is 1. The molecule has 0 fully saturated rings. The van der Waals surface area contributed by atoms with E-state index in [-0.39, 0.29) is 5.56 Å². The van der Waals surface area contributed by atoms with Gasteiger partial charge in [0.2, 0.25) is 0 Å². The highest BCUT2D eigenvalue weighted by molar-refractivity contribution is 5.91. The number of benzene rings is 1. The maximum absolute atomic E-state index is 11.7. The summed E-state index contributed by atoms with van der Waals surface area (Å²) in [5.41, 5.74) is 0.955. The van der Waals surface area contributed by atoms with Gasteiger partial charge in [-0.05, 0) is 51.0 Å². The van der Waals surface area contributed by atoms with Crippen molar-refractivity contribution in [2.24, 2.45) is 0 Å².